The molecule has 0 amide bonds. The minimum absolute atomic E-state index is 0.0986. The van der Waals surface area contributed by atoms with Crippen molar-refractivity contribution in [3.63, 3.8) is 0 Å². The number of halogens is 4. The number of anilines is 1. The third-order valence-corrected chi connectivity index (χ3v) is 6.15. The summed E-state index contributed by atoms with van der Waals surface area (Å²) in [7, 11) is 1.52. The van der Waals surface area contributed by atoms with Gasteiger partial charge in [-0.1, -0.05) is 0 Å². The van der Waals surface area contributed by atoms with Gasteiger partial charge in [0.05, 0.1) is 18.4 Å². The summed E-state index contributed by atoms with van der Waals surface area (Å²) in [5, 5.41) is 0. The first-order valence-electron chi connectivity index (χ1n) is 10.6. The van der Waals surface area contributed by atoms with Crippen molar-refractivity contribution >= 4 is 5.69 Å². The normalized spacial score (nSPS) is 20.2. The second-order valence-corrected chi connectivity index (χ2v) is 8.25. The summed E-state index contributed by atoms with van der Waals surface area (Å²) in [6, 6.07) is 7.57. The maximum Gasteiger partial charge on any atom is 0.416 e. The van der Waals surface area contributed by atoms with E-state index in [4.69, 9.17) is 19.9 Å². The number of ether oxygens (including phenoxy) is 3. The monoisotopic (exact) mass is 454 g/mol. The second-order valence-electron chi connectivity index (χ2n) is 8.25. The molecule has 1 saturated heterocycles. The molecule has 4 rings (SSSR count). The highest BCUT2D eigenvalue weighted by Gasteiger charge is 2.34. The molecule has 0 aromatic heterocycles. The van der Waals surface area contributed by atoms with Crippen molar-refractivity contribution < 1.29 is 31.8 Å². The van der Waals surface area contributed by atoms with Crippen LogP contribution in [0, 0.1) is 11.7 Å². The van der Waals surface area contributed by atoms with Crippen LogP contribution >= 0.6 is 0 Å². The molecule has 2 heterocycles. The molecule has 174 valence electrons. The van der Waals surface area contributed by atoms with E-state index >= 15 is 0 Å². The number of fused-ring (bicyclic) bond motifs is 1. The molecule has 9 heteroatoms. The summed E-state index contributed by atoms with van der Waals surface area (Å²) in [6.07, 6.45) is -2.69. The minimum atomic E-state index is -4.44. The average molecular weight is 454 g/mol. The van der Waals surface area contributed by atoms with Gasteiger partial charge in [0, 0.05) is 31.6 Å². The summed E-state index contributed by atoms with van der Waals surface area (Å²) in [5.74, 6) is 0.800. The van der Waals surface area contributed by atoms with Gasteiger partial charge in [-0.05, 0) is 49.1 Å². The summed E-state index contributed by atoms with van der Waals surface area (Å²) < 4.78 is 69.1. The van der Waals surface area contributed by atoms with Gasteiger partial charge in [-0.2, -0.15) is 13.2 Å². The van der Waals surface area contributed by atoms with Gasteiger partial charge in [-0.25, -0.2) is 4.39 Å². The van der Waals surface area contributed by atoms with Crippen LogP contribution in [0.3, 0.4) is 0 Å². The number of rotatable bonds is 5. The second kappa shape index (κ2) is 9.05. The zero-order valence-corrected chi connectivity index (χ0v) is 17.7. The third-order valence-electron chi connectivity index (χ3n) is 6.15. The number of nitrogens with zero attached hydrogens (tertiary/aromatic N) is 1. The van der Waals surface area contributed by atoms with Crippen molar-refractivity contribution in [1.29, 1.82) is 0 Å². The summed E-state index contributed by atoms with van der Waals surface area (Å²) in [6.45, 7) is 1.75. The molecule has 0 radical (unpaired) electrons. The van der Waals surface area contributed by atoms with Crippen LogP contribution in [-0.2, 0) is 6.18 Å². The Morgan fingerprint density at radius 2 is 1.88 bits per heavy atom. The number of nitrogens with two attached hydrogens (primary N) is 1. The van der Waals surface area contributed by atoms with E-state index < -0.39 is 17.8 Å². The Balaban J connectivity index is 1.33. The summed E-state index contributed by atoms with van der Waals surface area (Å²) in [5.41, 5.74) is 6.53. The van der Waals surface area contributed by atoms with E-state index in [9.17, 15) is 17.6 Å². The lowest BCUT2D eigenvalue weighted by Crippen LogP contribution is -2.44. The molecule has 5 nitrogen and oxygen atoms in total. The van der Waals surface area contributed by atoms with Gasteiger partial charge in [0.15, 0.2) is 11.5 Å². The molecule has 2 atom stereocenters. The molecular formula is C23H26F4N2O3. The smallest absolute Gasteiger partial charge is 0.416 e. The van der Waals surface area contributed by atoms with Gasteiger partial charge in [0.1, 0.15) is 24.3 Å². The first-order chi connectivity index (χ1) is 15.2. The van der Waals surface area contributed by atoms with Crippen LogP contribution in [0.15, 0.2) is 36.4 Å². The molecule has 1 unspecified atom stereocenters. The molecule has 0 saturated carbocycles. The third kappa shape index (κ3) is 4.87. The van der Waals surface area contributed by atoms with Crippen LogP contribution in [0.1, 0.15) is 24.8 Å². The molecule has 2 aliphatic heterocycles. The van der Waals surface area contributed by atoms with E-state index in [1.54, 1.807) is 6.07 Å². The highest BCUT2D eigenvalue weighted by Crippen LogP contribution is 2.39. The molecule has 2 aliphatic rings. The number of benzene rings is 2. The number of hydrogen-bond donors (Lipinski definition) is 1. The Bertz CT molecular complexity index is 945. The maximum absolute atomic E-state index is 13.5. The molecule has 2 N–H and O–H groups in total. The van der Waals surface area contributed by atoms with E-state index in [0.29, 0.717) is 17.9 Å². The zero-order valence-electron chi connectivity index (χ0n) is 17.7. The number of piperidine rings is 1. The van der Waals surface area contributed by atoms with E-state index in [2.05, 4.69) is 4.90 Å². The van der Waals surface area contributed by atoms with E-state index in [-0.39, 0.29) is 30.1 Å². The van der Waals surface area contributed by atoms with Crippen LogP contribution in [0.2, 0.25) is 0 Å². The number of methoxy groups -OCH3 is 1. The molecule has 0 bridgehead atoms. The Labute approximate surface area is 184 Å². The molecule has 0 spiro atoms. The fourth-order valence-corrected chi connectivity index (χ4v) is 4.39. The van der Waals surface area contributed by atoms with E-state index in [0.717, 1.165) is 43.8 Å². The average Bonchev–Trinajstić information content (AvgIpc) is 2.78. The van der Waals surface area contributed by atoms with E-state index in [1.807, 2.05) is 0 Å². The lowest BCUT2D eigenvalue weighted by atomic mass is 9.86. The zero-order chi connectivity index (χ0) is 22.9. The quantitative estimate of drug-likeness (QED) is 0.668. The molecular weight excluding hydrogens is 428 g/mol. The van der Waals surface area contributed by atoms with Gasteiger partial charge < -0.3 is 24.8 Å². The van der Waals surface area contributed by atoms with Crippen molar-refractivity contribution in [2.45, 2.75) is 37.6 Å². The lowest BCUT2D eigenvalue weighted by Gasteiger charge is -2.38. The standard InChI is InChI=1S/C23H26F4N2O3/c1-30-21-11-16(24)3-4-19(21)29-8-6-14(7-9-29)18(28)12-17-13-31-20-5-2-15(23(25,26)27)10-22(20)32-17/h2-5,10-11,14,17-18H,6-9,12-13,28H2,1H3/t17?,18-/m0/s1. The Morgan fingerprint density at radius 1 is 1.12 bits per heavy atom. The van der Waals surface area contributed by atoms with Gasteiger partial charge in [0.25, 0.3) is 0 Å². The first kappa shape index (κ1) is 22.5. The molecule has 2 aromatic rings. The fraction of sp³-hybridized carbons (Fsp3) is 0.478. The van der Waals surface area contributed by atoms with Crippen LogP contribution in [0.5, 0.6) is 17.2 Å². The molecule has 2 aromatic carbocycles. The van der Waals surface area contributed by atoms with Crippen molar-refractivity contribution in [1.82, 2.24) is 0 Å². The van der Waals surface area contributed by atoms with Gasteiger partial charge >= 0.3 is 6.18 Å². The van der Waals surface area contributed by atoms with Crippen molar-refractivity contribution in [2.75, 3.05) is 31.7 Å². The van der Waals surface area contributed by atoms with Gasteiger partial charge in [-0.3, -0.25) is 0 Å². The Hall–Kier alpha value is -2.68. The maximum atomic E-state index is 13.5. The van der Waals surface area contributed by atoms with Crippen LogP contribution in [0.25, 0.3) is 0 Å². The minimum Gasteiger partial charge on any atom is -0.494 e. The largest absolute Gasteiger partial charge is 0.494 e. The van der Waals surface area contributed by atoms with Gasteiger partial charge in [0.2, 0.25) is 0 Å². The van der Waals surface area contributed by atoms with Crippen molar-refractivity contribution in [2.24, 2.45) is 11.7 Å². The van der Waals surface area contributed by atoms with Gasteiger partial charge in [-0.15, -0.1) is 0 Å². The van der Waals surface area contributed by atoms with Crippen LogP contribution in [-0.4, -0.2) is 39.0 Å². The highest BCUT2D eigenvalue weighted by atomic mass is 19.4. The van der Waals surface area contributed by atoms with Crippen LogP contribution in [0.4, 0.5) is 23.2 Å². The van der Waals surface area contributed by atoms with Crippen LogP contribution < -0.4 is 24.8 Å². The van der Waals surface area contributed by atoms with E-state index in [1.165, 1.54) is 25.3 Å². The predicted octanol–water partition coefficient (Wildman–Crippen LogP) is 4.63. The fourth-order valence-electron chi connectivity index (χ4n) is 4.39. The predicted molar refractivity (Wildman–Crippen MR) is 112 cm³/mol. The van der Waals surface area contributed by atoms with Crippen molar-refractivity contribution in [3.05, 3.63) is 47.8 Å². The molecule has 32 heavy (non-hydrogen) atoms. The topological polar surface area (TPSA) is 57.0 Å². The summed E-state index contributed by atoms with van der Waals surface area (Å²) in [4.78, 5) is 2.15. The molecule has 1 fully saturated rings. The summed E-state index contributed by atoms with van der Waals surface area (Å²) >= 11 is 0. The highest BCUT2D eigenvalue weighted by molar-refractivity contribution is 5.58. The SMILES string of the molecule is COc1cc(F)ccc1N1CCC([C@@H](N)CC2COc3ccc(C(F)(F)F)cc3O2)CC1. The number of hydrogen-bond acceptors (Lipinski definition) is 5. The Kier molecular flexibility index (Phi) is 6.37. The first-order valence-corrected chi connectivity index (χ1v) is 10.6. The Morgan fingerprint density at radius 3 is 2.56 bits per heavy atom. The lowest BCUT2D eigenvalue weighted by molar-refractivity contribution is -0.137. The molecule has 0 aliphatic carbocycles. The van der Waals surface area contributed by atoms with Crippen molar-refractivity contribution in [3.8, 4) is 17.2 Å². The number of alkyl halides is 3.